The van der Waals surface area contributed by atoms with Gasteiger partial charge in [-0.1, -0.05) is 30.3 Å². The van der Waals surface area contributed by atoms with E-state index in [0.717, 1.165) is 221 Å². The molecular formula is C103H137N9O16S2. The number of nitrogens with one attached hydrogen (secondary N) is 1. The minimum absolute atomic E-state index is 0.0531. The van der Waals surface area contributed by atoms with E-state index in [2.05, 4.69) is 70.9 Å². The van der Waals surface area contributed by atoms with Crippen molar-refractivity contribution < 1.29 is 75.7 Å². The number of ether oxygens (including phenoxy) is 8. The Balaban J connectivity index is 0.000000138. The molecule has 702 valence electrons. The van der Waals surface area contributed by atoms with Crippen LogP contribution in [-0.2, 0) is 70.8 Å². The third-order valence-electron chi connectivity index (χ3n) is 25.3. The lowest BCUT2D eigenvalue weighted by atomic mass is 10.1. The number of piperidine rings is 2. The van der Waals surface area contributed by atoms with Gasteiger partial charge in [0, 0.05) is 187 Å². The average Bonchev–Trinajstić information content (AvgIpc) is 1.67. The number of likely N-dealkylation sites (tertiary alicyclic amines) is 1. The van der Waals surface area contributed by atoms with E-state index in [1.54, 1.807) is 31.2 Å². The molecule has 0 spiro atoms. The second kappa shape index (κ2) is 46.0. The van der Waals surface area contributed by atoms with Crippen molar-refractivity contribution in [2.75, 3.05) is 92.5 Å². The van der Waals surface area contributed by atoms with Crippen LogP contribution >= 0.6 is 11.8 Å². The molecule has 18 rings (SSSR count). The number of fused-ring (bicyclic) bond motifs is 7. The van der Waals surface area contributed by atoms with Crippen molar-refractivity contribution >= 4 is 63.9 Å². The molecule has 4 saturated heterocycles. The van der Waals surface area contributed by atoms with Gasteiger partial charge < -0.3 is 82.4 Å². The van der Waals surface area contributed by atoms with Gasteiger partial charge in [-0.15, -0.1) is 11.8 Å². The predicted molar refractivity (Wildman–Crippen MR) is 508 cm³/mol. The summed E-state index contributed by atoms with van der Waals surface area (Å²) in [6.45, 7) is 41.6. The smallest absolute Gasteiger partial charge is 0.254 e. The second-order valence-electron chi connectivity index (χ2n) is 37.0. The lowest BCUT2D eigenvalue weighted by Gasteiger charge is -2.29. The predicted octanol–water partition coefficient (Wildman–Crippen LogP) is 16.6. The first kappa shape index (κ1) is 99.1. The maximum Gasteiger partial charge on any atom is 0.254 e. The van der Waals surface area contributed by atoms with Crippen LogP contribution in [0.15, 0.2) is 137 Å². The third-order valence-corrected chi connectivity index (χ3v) is 27.0. The SMILES string of the molecule is CC(C)N1Cc2cc(OCC3CCCO3)ccc2C1=O.CC(C)N1Cc2ccc(OC3CCN(C)CC3)cc2C1=O.CC(C)N1Cc2ccc(OC3CCNCC3)cc2C1=O.CC(C)N1Cc2ccc(OCC3CCCO3)cc2C1=O.CC(C)N1Cc2ccc(S(C)=O)cc2C1=O.COCCOc1ccc2c(c1)CN(C(C)C)C2=O.CSc1ccc2c(c1)C(=O)N(C(C)C)C2. The lowest BCUT2D eigenvalue weighted by Crippen LogP contribution is -2.35. The standard InChI is InChI=1S/C17H24N2O2.C16H22N2O2.2C16H21NO3.C14H19NO3.C12H15NO2S.C12H15NOS/c1-12(2)19-11-13-4-5-15(10-16(13)17(19)20)21-14-6-8-18(3)9-7-14;1-11(2)18-10-12-3-4-14(9-15(12)16(18)19)20-13-5-7-17-8-6-13;1-11(2)17-9-12-8-13(5-6-15(12)16(17)18)20-10-14-4-3-7-19-14;1-11(2)17-9-12-5-6-13(8-15(12)16(17)18)20-10-14-4-3-7-19-14;1-10(2)15-9-11-8-12(18-7-6-17-3)4-5-13(11)14(15)16;1-8(2)13-7-9-4-5-10(16(3)15)6-11(9)12(13)14;1-8(2)13-7-9-4-5-10(15-3)6-11(9)12(13)14/h4-5,10,12,14H,6-9,11H2,1-3H3;3-4,9,11,13,17H,5-8,10H2,1-2H3;2*5-6,8,11,14H,3-4,7,9-10H2,1-2H3;4-5,8,10H,6-7,9H2,1-3H3;4-6,8H,7H2,1-3H3;4-6,8H,7H2,1-3H3. The molecule has 0 aromatic heterocycles. The highest BCUT2D eigenvalue weighted by molar-refractivity contribution is 7.98. The van der Waals surface area contributed by atoms with Crippen LogP contribution in [0.3, 0.4) is 0 Å². The molecule has 0 aliphatic carbocycles. The molecular weight excluding hydrogens is 1680 g/mol. The fourth-order valence-corrected chi connectivity index (χ4v) is 18.4. The molecule has 7 amide bonds. The number of hydrogen-bond donors (Lipinski definition) is 1. The Morgan fingerprint density at radius 2 is 0.700 bits per heavy atom. The fraction of sp³-hybridized carbons (Fsp3) is 0.524. The van der Waals surface area contributed by atoms with Gasteiger partial charge in [0.2, 0.25) is 0 Å². The van der Waals surface area contributed by atoms with Gasteiger partial charge in [-0.3, -0.25) is 37.8 Å². The van der Waals surface area contributed by atoms with E-state index in [9.17, 15) is 37.8 Å². The number of methoxy groups -OCH3 is 1. The molecule has 27 heteroatoms. The van der Waals surface area contributed by atoms with Crippen LogP contribution in [0.1, 0.15) is 260 Å². The van der Waals surface area contributed by atoms with Crippen LogP contribution in [0.2, 0.25) is 0 Å². The monoisotopic (exact) mass is 1820 g/mol. The summed E-state index contributed by atoms with van der Waals surface area (Å²) in [5.41, 5.74) is 13.2. The summed E-state index contributed by atoms with van der Waals surface area (Å²) >= 11 is 1.68. The van der Waals surface area contributed by atoms with Gasteiger partial charge in [-0.05, 0) is 311 Å². The summed E-state index contributed by atoms with van der Waals surface area (Å²) in [5, 5.41) is 3.33. The zero-order valence-electron chi connectivity index (χ0n) is 79.6. The van der Waals surface area contributed by atoms with Crippen molar-refractivity contribution in [3.05, 3.63) is 205 Å². The second-order valence-corrected chi connectivity index (χ2v) is 39.3. The van der Waals surface area contributed by atoms with Crippen molar-refractivity contribution in [3.8, 4) is 28.7 Å². The molecule has 7 aromatic rings. The molecule has 11 aliphatic rings. The van der Waals surface area contributed by atoms with Crippen LogP contribution in [0.5, 0.6) is 28.7 Å². The van der Waals surface area contributed by atoms with Gasteiger partial charge in [-0.25, -0.2) is 0 Å². The lowest BCUT2D eigenvalue weighted by molar-refractivity contribution is 0.0677. The highest BCUT2D eigenvalue weighted by Crippen LogP contribution is 2.37. The van der Waals surface area contributed by atoms with Crippen LogP contribution < -0.4 is 29.0 Å². The molecule has 11 aliphatic heterocycles. The van der Waals surface area contributed by atoms with Crippen molar-refractivity contribution in [2.24, 2.45) is 0 Å². The third kappa shape index (κ3) is 25.1. The summed E-state index contributed by atoms with van der Waals surface area (Å²) in [5.74, 6) is 4.89. The van der Waals surface area contributed by atoms with E-state index in [-0.39, 0.29) is 108 Å². The molecule has 3 unspecified atom stereocenters. The highest BCUT2D eigenvalue weighted by atomic mass is 32.2. The molecule has 11 heterocycles. The van der Waals surface area contributed by atoms with Gasteiger partial charge in [0.1, 0.15) is 60.8 Å². The zero-order chi connectivity index (χ0) is 93.3. The Labute approximate surface area is 776 Å². The van der Waals surface area contributed by atoms with E-state index in [4.69, 9.17) is 37.9 Å². The van der Waals surface area contributed by atoms with Crippen molar-refractivity contribution in [1.82, 2.24) is 44.5 Å². The number of rotatable bonds is 23. The summed E-state index contributed by atoms with van der Waals surface area (Å²) in [4.78, 5) is 103. The maximum atomic E-state index is 12.4. The summed E-state index contributed by atoms with van der Waals surface area (Å²) in [7, 11) is 2.76. The molecule has 0 bridgehead atoms. The van der Waals surface area contributed by atoms with Crippen LogP contribution in [0.25, 0.3) is 0 Å². The van der Waals surface area contributed by atoms with E-state index < -0.39 is 10.8 Å². The van der Waals surface area contributed by atoms with E-state index in [1.165, 1.54) is 0 Å². The number of nitrogens with zero attached hydrogens (tertiary/aromatic N) is 8. The van der Waals surface area contributed by atoms with Gasteiger partial charge in [0.25, 0.3) is 41.4 Å². The quantitative estimate of drug-likeness (QED) is 0.0462. The Morgan fingerprint density at radius 3 is 1.07 bits per heavy atom. The molecule has 1 N–H and O–H groups in total. The minimum Gasteiger partial charge on any atom is -0.491 e. The molecule has 0 radical (unpaired) electrons. The molecule has 7 aromatic carbocycles. The normalized spacial score (nSPS) is 18.7. The Bertz CT molecular complexity index is 5120. The average molecular weight is 1820 g/mol. The van der Waals surface area contributed by atoms with Gasteiger partial charge in [0.15, 0.2) is 0 Å². The fourth-order valence-electron chi connectivity index (χ4n) is 17.4. The largest absolute Gasteiger partial charge is 0.491 e. The molecule has 3 atom stereocenters. The highest BCUT2D eigenvalue weighted by Gasteiger charge is 2.37. The van der Waals surface area contributed by atoms with E-state index in [1.807, 2.05) is 205 Å². The summed E-state index contributed by atoms with van der Waals surface area (Å²) < 4.78 is 56.6. The summed E-state index contributed by atoms with van der Waals surface area (Å²) in [6, 6.07) is 42.5. The Hall–Kier alpha value is -9.87. The number of carbonyl (C=O) groups is 7. The van der Waals surface area contributed by atoms with E-state index in [0.29, 0.717) is 58.2 Å². The Morgan fingerprint density at radius 1 is 0.377 bits per heavy atom. The van der Waals surface area contributed by atoms with Gasteiger partial charge >= 0.3 is 0 Å². The van der Waals surface area contributed by atoms with Crippen molar-refractivity contribution in [1.29, 1.82) is 0 Å². The van der Waals surface area contributed by atoms with Crippen molar-refractivity contribution in [3.63, 3.8) is 0 Å². The Kier molecular flexibility index (Phi) is 35.1. The number of hydrogen-bond acceptors (Lipinski definition) is 19. The maximum absolute atomic E-state index is 12.4. The molecule has 130 heavy (non-hydrogen) atoms. The molecule has 0 saturated carbocycles. The van der Waals surface area contributed by atoms with Crippen LogP contribution in [0.4, 0.5) is 0 Å². The first-order valence-electron chi connectivity index (χ1n) is 46.5. The minimum atomic E-state index is -1.03. The number of carbonyl (C=O) groups excluding carboxylic acids is 7. The topological polar surface area (TPSA) is 248 Å². The number of thioether (sulfide) groups is 1. The van der Waals surface area contributed by atoms with Gasteiger partial charge in [-0.2, -0.15) is 0 Å². The number of benzene rings is 7. The van der Waals surface area contributed by atoms with Crippen LogP contribution in [-0.4, -0.2) is 244 Å². The first-order valence-corrected chi connectivity index (χ1v) is 49.3. The number of amides is 7. The van der Waals surface area contributed by atoms with Crippen molar-refractivity contribution in [2.45, 2.75) is 271 Å². The first-order chi connectivity index (χ1) is 62.2. The molecule has 25 nitrogen and oxygen atoms in total. The van der Waals surface area contributed by atoms with E-state index >= 15 is 0 Å². The zero-order valence-corrected chi connectivity index (χ0v) is 81.2. The summed E-state index contributed by atoms with van der Waals surface area (Å²) in [6.07, 6.45) is 13.2. The molecule has 4 fully saturated rings. The van der Waals surface area contributed by atoms with Gasteiger partial charge in [0.05, 0.1) is 18.8 Å². The van der Waals surface area contributed by atoms with Crippen LogP contribution in [0, 0.1) is 0 Å².